The number of aliphatic hydroxyl groups excluding tert-OH is 1. The van der Waals surface area contributed by atoms with Crippen LogP contribution < -0.4 is 20.7 Å². The second-order valence-electron chi connectivity index (χ2n) is 10.8. The second-order valence-corrected chi connectivity index (χ2v) is 13.5. The van der Waals surface area contributed by atoms with Gasteiger partial charge in [-0.05, 0) is 57.2 Å². The van der Waals surface area contributed by atoms with Gasteiger partial charge in [-0.2, -0.15) is 0 Å². The highest BCUT2D eigenvalue weighted by Crippen LogP contribution is 2.40. The van der Waals surface area contributed by atoms with Gasteiger partial charge in [-0.1, -0.05) is 36.4 Å². The first-order chi connectivity index (χ1) is 19.4. The van der Waals surface area contributed by atoms with Gasteiger partial charge >= 0.3 is 12.1 Å². The topological polar surface area (TPSA) is 175 Å². The maximum atomic E-state index is 13.7. The molecule has 1 aromatic heterocycles. The number of urea groups is 1. The lowest BCUT2D eigenvalue weighted by Gasteiger charge is -2.27. The number of hydrogen-bond acceptors (Lipinski definition) is 7. The molecule has 11 nitrogen and oxygen atoms in total. The number of aromatic nitrogens is 1. The van der Waals surface area contributed by atoms with E-state index < -0.39 is 34.3 Å². The average Bonchev–Trinajstić information content (AvgIpc) is 3.42. The molecule has 0 spiro atoms. The van der Waals surface area contributed by atoms with Crippen LogP contribution in [0.3, 0.4) is 0 Å². The molecule has 0 saturated heterocycles. The van der Waals surface area contributed by atoms with Gasteiger partial charge in [0.05, 0.1) is 33.5 Å². The number of hydrogen-bond donors (Lipinski definition) is 5. The molecule has 1 aliphatic rings. The number of anilines is 1. The summed E-state index contributed by atoms with van der Waals surface area (Å²) in [5.41, 5.74) is 6.11. The first kappa shape index (κ1) is 30.4. The third kappa shape index (κ3) is 7.61. The number of nitrogens with one attached hydrogen (secondary N) is 2. The molecule has 1 saturated carbocycles. The van der Waals surface area contributed by atoms with Crippen LogP contribution in [0.15, 0.2) is 59.6 Å². The number of carbonyl (C=O) groups excluding carboxylic acids is 1. The van der Waals surface area contributed by atoms with Crippen molar-refractivity contribution in [1.82, 2.24) is 15.0 Å². The summed E-state index contributed by atoms with van der Waals surface area (Å²) in [5, 5.41) is 22.1. The number of amides is 3. The van der Waals surface area contributed by atoms with Crippen molar-refractivity contribution in [2.75, 3.05) is 11.5 Å². The van der Waals surface area contributed by atoms with Gasteiger partial charge in [0, 0.05) is 29.4 Å². The Kier molecular flexibility index (Phi) is 9.32. The fourth-order valence-electron chi connectivity index (χ4n) is 4.88. The number of primary amides is 1. The van der Waals surface area contributed by atoms with Gasteiger partial charge in [0.1, 0.15) is 0 Å². The predicted molar refractivity (Wildman–Crippen MR) is 157 cm³/mol. The highest BCUT2D eigenvalue weighted by Gasteiger charge is 2.31. The summed E-state index contributed by atoms with van der Waals surface area (Å²) in [7, 11) is -4.17. The SMILES string of the molecule is CC(C)(CO)NS(=O)(=O)c1cc(N(Cc2ccccc2)C(N)=O)ccc1-c1cnc(C2CCC(NC(=O)O)CC2)s1. The standard InChI is InChI=1S/C28H35N5O6S2/c1-28(2,17-34)32-41(38,39)24-14-21(33(26(29)35)16-18-6-4-3-5-7-18)12-13-22(24)23-15-30-25(40-23)19-8-10-20(11-9-19)31-27(36)37/h3-7,12-15,19-20,31-32,34H,8-11,16-17H2,1-2H3,(H2,29,35)(H,36,37). The van der Waals surface area contributed by atoms with Crippen LogP contribution in [0, 0.1) is 0 Å². The number of carboxylic acid groups (broad SMARTS) is 1. The molecule has 13 heteroatoms. The fourth-order valence-corrected chi connectivity index (χ4v) is 7.71. The summed E-state index contributed by atoms with van der Waals surface area (Å²) in [5.74, 6) is 0.141. The zero-order chi connectivity index (χ0) is 29.8. The lowest BCUT2D eigenvalue weighted by atomic mass is 9.86. The average molecular weight is 602 g/mol. The zero-order valence-corrected chi connectivity index (χ0v) is 24.5. The maximum Gasteiger partial charge on any atom is 0.404 e. The molecule has 1 aliphatic carbocycles. The van der Waals surface area contributed by atoms with Crippen LogP contribution in [0.4, 0.5) is 15.3 Å². The number of benzene rings is 2. The lowest BCUT2D eigenvalue weighted by molar-refractivity contribution is 0.185. The smallest absolute Gasteiger partial charge is 0.404 e. The van der Waals surface area contributed by atoms with Gasteiger partial charge in [0.2, 0.25) is 10.0 Å². The molecular formula is C28H35N5O6S2. The van der Waals surface area contributed by atoms with E-state index in [0.717, 1.165) is 23.4 Å². The van der Waals surface area contributed by atoms with Crippen LogP contribution in [-0.4, -0.2) is 53.9 Å². The Morgan fingerprint density at radius 1 is 1.12 bits per heavy atom. The minimum atomic E-state index is -4.17. The molecule has 0 aliphatic heterocycles. The molecule has 3 amide bonds. The van der Waals surface area contributed by atoms with Crippen molar-refractivity contribution in [2.24, 2.45) is 5.73 Å². The van der Waals surface area contributed by atoms with E-state index in [1.165, 1.54) is 22.3 Å². The van der Waals surface area contributed by atoms with E-state index in [-0.39, 0.29) is 23.4 Å². The summed E-state index contributed by atoms with van der Waals surface area (Å²) in [4.78, 5) is 29.9. The summed E-state index contributed by atoms with van der Waals surface area (Å²) in [6, 6.07) is 13.1. The molecular weight excluding hydrogens is 566 g/mol. The van der Waals surface area contributed by atoms with E-state index in [9.17, 15) is 23.1 Å². The molecule has 2 aromatic carbocycles. The summed E-state index contributed by atoms with van der Waals surface area (Å²) >= 11 is 1.39. The van der Waals surface area contributed by atoms with Crippen LogP contribution in [0.5, 0.6) is 0 Å². The molecule has 0 radical (unpaired) electrons. The number of thiazole rings is 1. The Bertz CT molecular complexity index is 1480. The van der Waals surface area contributed by atoms with Crippen LogP contribution in [0.25, 0.3) is 10.4 Å². The lowest BCUT2D eigenvalue weighted by Crippen LogP contribution is -2.46. The number of nitrogens with zero attached hydrogens (tertiary/aromatic N) is 2. The number of nitrogens with two attached hydrogens (primary N) is 1. The summed E-state index contributed by atoms with van der Waals surface area (Å²) in [6.45, 7) is 2.86. The maximum absolute atomic E-state index is 13.7. The number of rotatable bonds is 10. The van der Waals surface area contributed by atoms with Gasteiger partial charge < -0.3 is 21.3 Å². The number of carbonyl (C=O) groups is 2. The normalized spacial score (nSPS) is 17.6. The van der Waals surface area contributed by atoms with Crippen LogP contribution >= 0.6 is 11.3 Å². The van der Waals surface area contributed by atoms with Crippen molar-refractivity contribution in [3.63, 3.8) is 0 Å². The highest BCUT2D eigenvalue weighted by atomic mass is 32.2. The Hall–Kier alpha value is -3.52. The molecule has 41 heavy (non-hydrogen) atoms. The molecule has 0 bridgehead atoms. The third-order valence-electron chi connectivity index (χ3n) is 7.01. The molecule has 0 atom stereocenters. The summed E-state index contributed by atoms with van der Waals surface area (Å²) in [6.07, 6.45) is 3.54. The van der Waals surface area contributed by atoms with Gasteiger partial charge in [0.25, 0.3) is 0 Å². The molecule has 1 heterocycles. The molecule has 0 unspecified atom stereocenters. The monoisotopic (exact) mass is 601 g/mol. The molecule has 220 valence electrons. The van der Waals surface area contributed by atoms with E-state index in [1.807, 2.05) is 30.3 Å². The van der Waals surface area contributed by atoms with E-state index in [2.05, 4.69) is 15.0 Å². The summed E-state index contributed by atoms with van der Waals surface area (Å²) < 4.78 is 30.0. The third-order valence-corrected chi connectivity index (χ3v) is 9.95. The van der Waals surface area contributed by atoms with Gasteiger partial charge in [-0.3, -0.25) is 4.90 Å². The van der Waals surface area contributed by atoms with Crippen molar-refractivity contribution in [3.8, 4) is 10.4 Å². The minimum Gasteiger partial charge on any atom is -0.465 e. The minimum absolute atomic E-state index is 0.0691. The van der Waals surface area contributed by atoms with Gasteiger partial charge in [-0.25, -0.2) is 27.7 Å². The van der Waals surface area contributed by atoms with Crippen LogP contribution in [-0.2, 0) is 16.6 Å². The fraction of sp³-hybridized carbons (Fsp3) is 0.393. The van der Waals surface area contributed by atoms with Crippen molar-refractivity contribution < 1.29 is 28.2 Å². The first-order valence-electron chi connectivity index (χ1n) is 13.2. The van der Waals surface area contributed by atoms with E-state index in [0.29, 0.717) is 29.0 Å². The first-order valence-corrected chi connectivity index (χ1v) is 15.5. The quantitative estimate of drug-likeness (QED) is 0.231. The Morgan fingerprint density at radius 3 is 2.41 bits per heavy atom. The van der Waals surface area contributed by atoms with Crippen LogP contribution in [0.1, 0.15) is 56.0 Å². The van der Waals surface area contributed by atoms with Crippen molar-refractivity contribution in [3.05, 3.63) is 65.3 Å². The number of sulfonamides is 1. The number of aliphatic hydroxyl groups is 1. The molecule has 4 rings (SSSR count). The van der Waals surface area contributed by atoms with E-state index in [1.54, 1.807) is 32.2 Å². The largest absolute Gasteiger partial charge is 0.465 e. The Labute approximate surface area is 243 Å². The molecule has 3 aromatic rings. The second kappa shape index (κ2) is 12.6. The highest BCUT2D eigenvalue weighted by molar-refractivity contribution is 7.89. The Balaban J connectivity index is 1.70. The zero-order valence-electron chi connectivity index (χ0n) is 22.9. The van der Waals surface area contributed by atoms with E-state index >= 15 is 0 Å². The van der Waals surface area contributed by atoms with E-state index in [4.69, 9.17) is 10.8 Å². The Morgan fingerprint density at radius 2 is 1.80 bits per heavy atom. The van der Waals surface area contributed by atoms with Gasteiger partial charge in [0.15, 0.2) is 0 Å². The van der Waals surface area contributed by atoms with Crippen molar-refractivity contribution in [2.45, 2.75) is 68.5 Å². The van der Waals surface area contributed by atoms with Crippen LogP contribution in [0.2, 0.25) is 0 Å². The van der Waals surface area contributed by atoms with Crippen molar-refractivity contribution >= 4 is 39.2 Å². The molecule has 1 fully saturated rings. The van der Waals surface area contributed by atoms with Crippen molar-refractivity contribution in [1.29, 1.82) is 0 Å². The molecule has 6 N–H and O–H groups in total. The van der Waals surface area contributed by atoms with Gasteiger partial charge in [-0.15, -0.1) is 11.3 Å². The predicted octanol–water partition coefficient (Wildman–Crippen LogP) is 4.24.